The second-order valence-electron chi connectivity index (χ2n) is 8.57. The zero-order valence-electron chi connectivity index (χ0n) is 20.9. The van der Waals surface area contributed by atoms with Crippen LogP contribution in [0.2, 0.25) is 0 Å². The van der Waals surface area contributed by atoms with Crippen molar-refractivity contribution >= 4 is 41.4 Å². The molecule has 1 aromatic carbocycles. The van der Waals surface area contributed by atoms with E-state index in [1.54, 1.807) is 36.6 Å². The molecule has 12 heteroatoms. The smallest absolute Gasteiger partial charge is 0.326 e. The molecule has 0 aliphatic rings. The molecule has 0 fully saturated rings. The van der Waals surface area contributed by atoms with Gasteiger partial charge in [-0.05, 0) is 29.9 Å². The van der Waals surface area contributed by atoms with Crippen molar-refractivity contribution < 1.29 is 29.1 Å². The number of carboxylic acids is 1. The van der Waals surface area contributed by atoms with Crippen molar-refractivity contribution in [2.75, 3.05) is 12.0 Å². The van der Waals surface area contributed by atoms with Crippen LogP contribution in [0.15, 0.2) is 30.3 Å². The van der Waals surface area contributed by atoms with E-state index in [0.29, 0.717) is 12.2 Å². The molecule has 1 rings (SSSR count). The molecular formula is C24H37N5O6S. The lowest BCUT2D eigenvalue weighted by Crippen LogP contribution is -2.58. The molecule has 4 amide bonds. The molecule has 0 heterocycles. The van der Waals surface area contributed by atoms with Crippen LogP contribution >= 0.6 is 11.8 Å². The Hall–Kier alpha value is -3.12. The zero-order chi connectivity index (χ0) is 27.3. The van der Waals surface area contributed by atoms with Crippen LogP contribution < -0.4 is 27.4 Å². The number of thioether (sulfide) groups is 1. The van der Waals surface area contributed by atoms with E-state index in [0.717, 1.165) is 5.56 Å². The predicted octanol–water partition coefficient (Wildman–Crippen LogP) is -0.230. The Morgan fingerprint density at radius 3 is 2.03 bits per heavy atom. The predicted molar refractivity (Wildman–Crippen MR) is 138 cm³/mol. The molecular weight excluding hydrogens is 486 g/mol. The van der Waals surface area contributed by atoms with Gasteiger partial charge in [0, 0.05) is 6.42 Å². The highest BCUT2D eigenvalue weighted by Gasteiger charge is 2.31. The van der Waals surface area contributed by atoms with Gasteiger partial charge in [-0.2, -0.15) is 11.8 Å². The number of rotatable bonds is 16. The molecule has 0 spiro atoms. The van der Waals surface area contributed by atoms with Gasteiger partial charge in [-0.15, -0.1) is 0 Å². The maximum Gasteiger partial charge on any atom is 0.326 e. The molecule has 0 saturated carbocycles. The van der Waals surface area contributed by atoms with E-state index in [9.17, 15) is 29.1 Å². The lowest BCUT2D eigenvalue weighted by atomic mass is 9.98. The maximum absolute atomic E-state index is 13.2. The van der Waals surface area contributed by atoms with E-state index in [1.165, 1.54) is 11.8 Å². The van der Waals surface area contributed by atoms with E-state index < -0.39 is 60.2 Å². The molecule has 0 aliphatic heterocycles. The summed E-state index contributed by atoms with van der Waals surface area (Å²) in [7, 11) is 0. The first kappa shape index (κ1) is 30.9. The van der Waals surface area contributed by atoms with Gasteiger partial charge in [0.15, 0.2) is 0 Å². The van der Waals surface area contributed by atoms with Crippen molar-refractivity contribution in [2.45, 2.75) is 63.7 Å². The van der Waals surface area contributed by atoms with Crippen LogP contribution in [0.1, 0.15) is 38.7 Å². The number of carbonyl (C=O) groups excluding carboxylic acids is 4. The summed E-state index contributed by atoms with van der Waals surface area (Å²) in [6, 6.07) is 4.33. The second-order valence-corrected chi connectivity index (χ2v) is 9.56. The van der Waals surface area contributed by atoms with Gasteiger partial charge in [0.1, 0.15) is 18.1 Å². The molecule has 36 heavy (non-hydrogen) atoms. The molecule has 0 aliphatic carbocycles. The van der Waals surface area contributed by atoms with Crippen LogP contribution in [-0.2, 0) is 30.4 Å². The Labute approximate surface area is 215 Å². The highest BCUT2D eigenvalue weighted by Crippen LogP contribution is 2.09. The number of benzene rings is 1. The summed E-state index contributed by atoms with van der Waals surface area (Å²) in [5.74, 6) is -3.89. The third-order valence-electron chi connectivity index (χ3n) is 5.74. The van der Waals surface area contributed by atoms with Crippen LogP contribution in [0.25, 0.3) is 0 Å². The van der Waals surface area contributed by atoms with Gasteiger partial charge >= 0.3 is 5.97 Å². The topological polar surface area (TPSA) is 194 Å². The molecule has 0 bridgehead atoms. The standard InChI is InChI=1S/C24H37N5O6S/c1-4-14(2)20(26)23(33)29-17(12-15-8-6-5-7-9-15)21(31)28-18(13-19(25)30)22(32)27-16(24(34)35)10-11-36-3/h5-9,14,16-18,20H,4,10-13,26H2,1-3H3,(H2,25,30)(H,27,32)(H,28,31)(H,29,33)(H,34,35). The van der Waals surface area contributed by atoms with Crippen molar-refractivity contribution in [3.05, 3.63) is 35.9 Å². The summed E-state index contributed by atoms with van der Waals surface area (Å²) in [5, 5.41) is 16.8. The van der Waals surface area contributed by atoms with Crippen LogP contribution in [-0.4, -0.2) is 70.9 Å². The number of nitrogens with one attached hydrogen (secondary N) is 3. The van der Waals surface area contributed by atoms with E-state index in [2.05, 4.69) is 16.0 Å². The normalized spacial score (nSPS) is 15.0. The quantitative estimate of drug-likeness (QED) is 0.171. The first-order chi connectivity index (χ1) is 17.0. The summed E-state index contributed by atoms with van der Waals surface area (Å²) in [4.78, 5) is 61.9. The molecule has 1 aromatic rings. The Morgan fingerprint density at radius 1 is 0.944 bits per heavy atom. The lowest BCUT2D eigenvalue weighted by Gasteiger charge is -2.26. The molecule has 200 valence electrons. The van der Waals surface area contributed by atoms with Crippen LogP contribution in [0.3, 0.4) is 0 Å². The van der Waals surface area contributed by atoms with Crippen LogP contribution in [0.4, 0.5) is 0 Å². The van der Waals surface area contributed by atoms with Crippen molar-refractivity contribution in [3.8, 4) is 0 Å². The molecule has 0 radical (unpaired) electrons. The van der Waals surface area contributed by atoms with Crippen LogP contribution in [0, 0.1) is 5.92 Å². The number of carbonyl (C=O) groups is 5. The number of primary amides is 1. The van der Waals surface area contributed by atoms with Gasteiger partial charge in [0.2, 0.25) is 23.6 Å². The number of carboxylic acid groups (broad SMARTS) is 1. The Morgan fingerprint density at radius 2 is 1.50 bits per heavy atom. The number of hydrogen-bond acceptors (Lipinski definition) is 7. The summed E-state index contributed by atoms with van der Waals surface area (Å²) < 4.78 is 0. The minimum Gasteiger partial charge on any atom is -0.480 e. The van der Waals surface area contributed by atoms with Crippen molar-refractivity contribution in [2.24, 2.45) is 17.4 Å². The Balaban J connectivity index is 3.11. The van der Waals surface area contributed by atoms with Crippen molar-refractivity contribution in [3.63, 3.8) is 0 Å². The summed E-state index contributed by atoms with van der Waals surface area (Å²) in [6.45, 7) is 3.71. The van der Waals surface area contributed by atoms with Crippen LogP contribution in [0.5, 0.6) is 0 Å². The Bertz CT molecular complexity index is 900. The monoisotopic (exact) mass is 523 g/mol. The minimum absolute atomic E-state index is 0.0992. The lowest BCUT2D eigenvalue weighted by molar-refractivity contribution is -0.142. The number of hydrogen-bond donors (Lipinski definition) is 6. The summed E-state index contributed by atoms with van der Waals surface area (Å²) in [5.41, 5.74) is 12.0. The molecule has 5 unspecified atom stereocenters. The van der Waals surface area contributed by atoms with Crippen molar-refractivity contribution in [1.82, 2.24) is 16.0 Å². The average Bonchev–Trinajstić information content (AvgIpc) is 2.84. The van der Waals surface area contributed by atoms with Gasteiger partial charge < -0.3 is 32.5 Å². The first-order valence-electron chi connectivity index (χ1n) is 11.7. The number of nitrogens with two attached hydrogens (primary N) is 2. The van der Waals surface area contributed by atoms with E-state index >= 15 is 0 Å². The number of amides is 4. The first-order valence-corrected chi connectivity index (χ1v) is 13.1. The fourth-order valence-corrected chi connectivity index (χ4v) is 3.76. The van der Waals surface area contributed by atoms with Gasteiger partial charge in [0.25, 0.3) is 0 Å². The van der Waals surface area contributed by atoms with Gasteiger partial charge in [0.05, 0.1) is 12.5 Å². The molecule has 8 N–H and O–H groups in total. The molecule has 11 nitrogen and oxygen atoms in total. The van der Waals surface area contributed by atoms with Gasteiger partial charge in [-0.3, -0.25) is 19.2 Å². The summed E-state index contributed by atoms with van der Waals surface area (Å²) >= 11 is 1.41. The molecule has 0 saturated heterocycles. The summed E-state index contributed by atoms with van der Waals surface area (Å²) in [6.07, 6.45) is 2.16. The van der Waals surface area contributed by atoms with E-state index in [4.69, 9.17) is 11.5 Å². The highest BCUT2D eigenvalue weighted by molar-refractivity contribution is 7.98. The van der Waals surface area contributed by atoms with Crippen molar-refractivity contribution in [1.29, 1.82) is 0 Å². The largest absolute Gasteiger partial charge is 0.480 e. The maximum atomic E-state index is 13.2. The zero-order valence-corrected chi connectivity index (χ0v) is 21.7. The third-order valence-corrected chi connectivity index (χ3v) is 6.38. The molecule has 0 aromatic heterocycles. The van der Waals surface area contributed by atoms with Gasteiger partial charge in [-0.25, -0.2) is 4.79 Å². The number of aliphatic carboxylic acids is 1. The van der Waals surface area contributed by atoms with E-state index in [-0.39, 0.29) is 18.8 Å². The van der Waals surface area contributed by atoms with E-state index in [1.807, 2.05) is 13.8 Å². The highest BCUT2D eigenvalue weighted by atomic mass is 32.2. The minimum atomic E-state index is -1.43. The fourth-order valence-electron chi connectivity index (χ4n) is 3.29. The fraction of sp³-hybridized carbons (Fsp3) is 0.542. The SMILES string of the molecule is CCC(C)C(N)C(=O)NC(Cc1ccccc1)C(=O)NC(CC(N)=O)C(=O)NC(CCSC)C(=O)O. The molecule has 5 atom stereocenters. The average molecular weight is 524 g/mol. The third kappa shape index (κ3) is 10.6. The second kappa shape index (κ2) is 15.8. The Kier molecular flexibility index (Phi) is 13.6. The van der Waals surface area contributed by atoms with Gasteiger partial charge in [-0.1, -0.05) is 50.6 Å².